The zero-order valence-corrected chi connectivity index (χ0v) is 16.5. The molecule has 0 radical (unpaired) electrons. The van der Waals surface area contributed by atoms with Crippen LogP contribution in [0.1, 0.15) is 44.4 Å². The minimum atomic E-state index is -0.298. The minimum absolute atomic E-state index is 0.287. The highest BCUT2D eigenvalue weighted by atomic mass is 16.7. The van der Waals surface area contributed by atoms with Crippen molar-refractivity contribution in [3.63, 3.8) is 0 Å². The van der Waals surface area contributed by atoms with Crippen molar-refractivity contribution in [3.05, 3.63) is 59.2 Å². The van der Waals surface area contributed by atoms with E-state index in [2.05, 4.69) is 82.0 Å². The molecule has 0 bridgehead atoms. The van der Waals surface area contributed by atoms with Gasteiger partial charge in [-0.1, -0.05) is 42.0 Å². The van der Waals surface area contributed by atoms with Crippen molar-refractivity contribution in [1.29, 1.82) is 0 Å². The summed E-state index contributed by atoms with van der Waals surface area (Å²) in [6.07, 6.45) is 1.14. The highest BCUT2D eigenvalue weighted by Gasteiger charge is 2.51. The Kier molecular flexibility index (Phi) is 4.16. The second-order valence-corrected chi connectivity index (χ2v) is 8.63. The van der Waals surface area contributed by atoms with Gasteiger partial charge in [0.25, 0.3) is 0 Å². The summed E-state index contributed by atoms with van der Waals surface area (Å²) in [5, 5.41) is 0. The number of fused-ring (bicyclic) bond motifs is 1. The van der Waals surface area contributed by atoms with E-state index in [1.54, 1.807) is 0 Å². The molecule has 2 heterocycles. The summed E-state index contributed by atoms with van der Waals surface area (Å²) in [5.74, 6) is 0. The van der Waals surface area contributed by atoms with Gasteiger partial charge < -0.3 is 14.2 Å². The molecule has 26 heavy (non-hydrogen) atoms. The van der Waals surface area contributed by atoms with Crippen LogP contribution in [0.3, 0.4) is 0 Å². The largest absolute Gasteiger partial charge is 0.494 e. The number of rotatable bonds is 3. The molecule has 4 rings (SSSR count). The molecular formula is C22H28BNO2. The van der Waals surface area contributed by atoms with Crippen LogP contribution in [0.5, 0.6) is 0 Å². The van der Waals surface area contributed by atoms with E-state index in [1.807, 2.05) is 0 Å². The van der Waals surface area contributed by atoms with Gasteiger partial charge in [-0.25, -0.2) is 0 Å². The van der Waals surface area contributed by atoms with Crippen molar-refractivity contribution >= 4 is 18.3 Å². The molecule has 1 saturated heterocycles. The molecule has 0 amide bonds. The van der Waals surface area contributed by atoms with Crippen molar-refractivity contribution in [2.75, 3.05) is 11.4 Å². The number of benzene rings is 2. The van der Waals surface area contributed by atoms with Gasteiger partial charge in [-0.3, -0.25) is 0 Å². The molecule has 2 aromatic rings. The Bertz CT molecular complexity index is 797. The Hall–Kier alpha value is -1.78. The predicted molar refractivity (Wildman–Crippen MR) is 108 cm³/mol. The van der Waals surface area contributed by atoms with E-state index in [0.717, 1.165) is 25.0 Å². The molecule has 0 aliphatic carbocycles. The first kappa shape index (κ1) is 17.6. The molecule has 0 N–H and O–H groups in total. The number of hydrogen-bond donors (Lipinski definition) is 0. The summed E-state index contributed by atoms with van der Waals surface area (Å²) >= 11 is 0. The molecule has 136 valence electrons. The summed E-state index contributed by atoms with van der Waals surface area (Å²) in [4.78, 5) is 2.47. The average Bonchev–Trinajstić information content (AvgIpc) is 3.05. The van der Waals surface area contributed by atoms with E-state index in [-0.39, 0.29) is 18.3 Å². The standard InChI is InChI=1S/C22H28BNO2/c1-16-6-11-20-18(14-16)12-13-24(20)15-17-7-9-19(10-8-17)23-25-21(2,3)22(4,5)26-23/h6-11,14H,12-13,15H2,1-5H3. The van der Waals surface area contributed by atoms with Crippen LogP contribution in [0.4, 0.5) is 5.69 Å². The van der Waals surface area contributed by atoms with Crippen LogP contribution in [0, 0.1) is 6.92 Å². The van der Waals surface area contributed by atoms with E-state index in [0.29, 0.717) is 0 Å². The van der Waals surface area contributed by atoms with Gasteiger partial charge in [0.2, 0.25) is 0 Å². The molecular weight excluding hydrogens is 321 g/mol. The second-order valence-electron chi connectivity index (χ2n) is 8.63. The maximum absolute atomic E-state index is 6.15. The fourth-order valence-corrected chi connectivity index (χ4v) is 3.74. The molecule has 0 atom stereocenters. The Morgan fingerprint density at radius 3 is 2.27 bits per heavy atom. The molecule has 0 saturated carbocycles. The van der Waals surface area contributed by atoms with E-state index >= 15 is 0 Å². The smallest absolute Gasteiger partial charge is 0.399 e. The van der Waals surface area contributed by atoms with Crippen molar-refractivity contribution in [2.24, 2.45) is 0 Å². The van der Waals surface area contributed by atoms with Crippen molar-refractivity contribution in [3.8, 4) is 0 Å². The Labute approximate surface area is 157 Å². The molecule has 2 aliphatic rings. The molecule has 2 aromatic carbocycles. The van der Waals surface area contributed by atoms with E-state index in [9.17, 15) is 0 Å². The van der Waals surface area contributed by atoms with Crippen molar-refractivity contribution in [1.82, 2.24) is 0 Å². The zero-order chi connectivity index (χ0) is 18.5. The lowest BCUT2D eigenvalue weighted by Gasteiger charge is -2.32. The van der Waals surface area contributed by atoms with Gasteiger partial charge in [0, 0.05) is 18.8 Å². The molecule has 0 unspecified atom stereocenters. The lowest BCUT2D eigenvalue weighted by atomic mass is 9.79. The summed E-state index contributed by atoms with van der Waals surface area (Å²) in [6.45, 7) is 12.6. The van der Waals surface area contributed by atoms with Crippen LogP contribution in [-0.2, 0) is 22.3 Å². The van der Waals surface area contributed by atoms with Crippen LogP contribution in [0.25, 0.3) is 0 Å². The zero-order valence-electron chi connectivity index (χ0n) is 16.5. The summed E-state index contributed by atoms with van der Waals surface area (Å²) in [5.41, 5.74) is 6.01. The van der Waals surface area contributed by atoms with Gasteiger partial charge in [0.15, 0.2) is 0 Å². The number of aryl methyl sites for hydroxylation is 1. The number of anilines is 1. The molecule has 0 spiro atoms. The summed E-state index contributed by atoms with van der Waals surface area (Å²) < 4.78 is 12.3. The average molecular weight is 349 g/mol. The highest BCUT2D eigenvalue weighted by Crippen LogP contribution is 2.36. The maximum atomic E-state index is 6.15. The Morgan fingerprint density at radius 2 is 1.62 bits per heavy atom. The topological polar surface area (TPSA) is 21.7 Å². The second kappa shape index (κ2) is 6.14. The van der Waals surface area contributed by atoms with Crippen LogP contribution < -0.4 is 10.4 Å². The highest BCUT2D eigenvalue weighted by molar-refractivity contribution is 6.62. The number of hydrogen-bond acceptors (Lipinski definition) is 3. The Balaban J connectivity index is 1.47. The fraction of sp³-hybridized carbons (Fsp3) is 0.455. The van der Waals surface area contributed by atoms with E-state index in [4.69, 9.17) is 9.31 Å². The first-order valence-electron chi connectivity index (χ1n) is 9.54. The van der Waals surface area contributed by atoms with Crippen molar-refractivity contribution in [2.45, 2.75) is 58.8 Å². The summed E-state index contributed by atoms with van der Waals surface area (Å²) in [7, 11) is -0.287. The van der Waals surface area contributed by atoms with Gasteiger partial charge in [-0.2, -0.15) is 0 Å². The molecule has 1 fully saturated rings. The quantitative estimate of drug-likeness (QED) is 0.786. The van der Waals surface area contributed by atoms with Crippen LogP contribution >= 0.6 is 0 Å². The Morgan fingerprint density at radius 1 is 0.962 bits per heavy atom. The predicted octanol–water partition coefficient (Wildman–Crippen LogP) is 3.86. The summed E-state index contributed by atoms with van der Waals surface area (Å²) in [6, 6.07) is 15.5. The third-order valence-corrected chi connectivity index (χ3v) is 6.11. The lowest BCUT2D eigenvalue weighted by Crippen LogP contribution is -2.41. The van der Waals surface area contributed by atoms with Gasteiger partial charge >= 0.3 is 7.12 Å². The molecule has 2 aliphatic heterocycles. The first-order chi connectivity index (χ1) is 12.2. The number of nitrogens with zero attached hydrogens (tertiary/aromatic N) is 1. The minimum Gasteiger partial charge on any atom is -0.399 e. The fourth-order valence-electron chi connectivity index (χ4n) is 3.74. The monoisotopic (exact) mass is 349 g/mol. The SMILES string of the molecule is Cc1ccc2c(c1)CCN2Cc1ccc(B2OC(C)(C)C(C)(C)O2)cc1. The van der Waals surface area contributed by atoms with Gasteiger partial charge in [0.1, 0.15) is 0 Å². The first-order valence-corrected chi connectivity index (χ1v) is 9.54. The van der Waals surface area contributed by atoms with Gasteiger partial charge in [0.05, 0.1) is 11.2 Å². The molecule has 0 aromatic heterocycles. The third kappa shape index (κ3) is 3.06. The molecule has 3 nitrogen and oxygen atoms in total. The lowest BCUT2D eigenvalue weighted by molar-refractivity contribution is 0.00578. The van der Waals surface area contributed by atoms with Crippen LogP contribution in [-0.4, -0.2) is 24.9 Å². The van der Waals surface area contributed by atoms with Gasteiger partial charge in [-0.15, -0.1) is 0 Å². The van der Waals surface area contributed by atoms with Crippen molar-refractivity contribution < 1.29 is 9.31 Å². The van der Waals surface area contributed by atoms with Crippen LogP contribution in [0.2, 0.25) is 0 Å². The third-order valence-electron chi connectivity index (χ3n) is 6.11. The maximum Gasteiger partial charge on any atom is 0.494 e. The van der Waals surface area contributed by atoms with Gasteiger partial charge in [-0.05, 0) is 63.7 Å². The van der Waals surface area contributed by atoms with E-state index < -0.39 is 0 Å². The molecule has 4 heteroatoms. The normalized spacial score (nSPS) is 20.5. The van der Waals surface area contributed by atoms with E-state index in [1.165, 1.54) is 22.4 Å². The van der Waals surface area contributed by atoms with Crippen LogP contribution in [0.15, 0.2) is 42.5 Å².